The van der Waals surface area contributed by atoms with Crippen LogP contribution < -0.4 is 0 Å². The Labute approximate surface area is 118 Å². The van der Waals surface area contributed by atoms with Crippen LogP contribution in [-0.2, 0) is 6.18 Å². The van der Waals surface area contributed by atoms with Crippen molar-refractivity contribution in [2.45, 2.75) is 12.3 Å². The fourth-order valence-corrected chi connectivity index (χ4v) is 2.38. The maximum Gasteiger partial charge on any atom is 0.443 e. The molecule has 0 saturated carbocycles. The number of benzene rings is 1. The maximum absolute atomic E-state index is 13.6. The summed E-state index contributed by atoms with van der Waals surface area (Å²) in [5, 5.41) is 8.15. The van der Waals surface area contributed by atoms with Crippen molar-refractivity contribution in [3.05, 3.63) is 50.4 Å². The highest BCUT2D eigenvalue weighted by Crippen LogP contribution is 2.37. The molecule has 0 saturated heterocycles. The van der Waals surface area contributed by atoms with Gasteiger partial charge in [-0.2, -0.15) is 13.2 Å². The zero-order valence-corrected chi connectivity index (χ0v) is 11.0. The van der Waals surface area contributed by atoms with Crippen LogP contribution in [0, 0.1) is 11.6 Å². The van der Waals surface area contributed by atoms with Gasteiger partial charge in [-0.25, -0.2) is 13.8 Å². The van der Waals surface area contributed by atoms with Crippen LogP contribution in [0.4, 0.5) is 22.0 Å². The Morgan fingerprint density at radius 1 is 1.20 bits per heavy atom. The summed E-state index contributed by atoms with van der Waals surface area (Å²) in [6.45, 7) is 0. The number of alkyl halides is 3. The smallest absolute Gasteiger partial charge is 0.383 e. The van der Waals surface area contributed by atoms with E-state index in [1.807, 2.05) is 0 Å². The first kappa shape index (κ1) is 15.1. The quantitative estimate of drug-likeness (QED) is 0.662. The molecule has 9 heteroatoms. The van der Waals surface area contributed by atoms with Crippen molar-refractivity contribution < 1.29 is 27.1 Å². The highest BCUT2D eigenvalue weighted by molar-refractivity contribution is 7.11. The molecule has 2 nitrogen and oxygen atoms in total. The first-order chi connectivity index (χ1) is 9.20. The van der Waals surface area contributed by atoms with Crippen LogP contribution in [0.25, 0.3) is 0 Å². The Balaban J connectivity index is 2.39. The van der Waals surface area contributed by atoms with Crippen molar-refractivity contribution in [1.82, 2.24) is 4.98 Å². The van der Waals surface area contributed by atoms with E-state index in [1.54, 1.807) is 0 Å². The molecule has 0 aliphatic heterocycles. The Morgan fingerprint density at radius 2 is 1.85 bits per heavy atom. The predicted octanol–water partition coefficient (Wildman–Crippen LogP) is 4.18. The van der Waals surface area contributed by atoms with Crippen LogP contribution in [0.2, 0.25) is 5.02 Å². The third-order valence-corrected chi connectivity index (χ3v) is 3.75. The minimum atomic E-state index is -4.66. The SMILES string of the molecule is OC(c1cnc(C(F)(F)F)s1)c1cc(F)c(Cl)cc1F. The number of halogens is 6. The van der Waals surface area contributed by atoms with Gasteiger partial charge >= 0.3 is 6.18 Å². The minimum absolute atomic E-state index is 0.153. The summed E-state index contributed by atoms with van der Waals surface area (Å²) >= 11 is 5.50. The van der Waals surface area contributed by atoms with Gasteiger partial charge in [0.05, 0.1) is 9.90 Å². The molecule has 0 spiro atoms. The van der Waals surface area contributed by atoms with Gasteiger partial charge in [0.25, 0.3) is 0 Å². The summed E-state index contributed by atoms with van der Waals surface area (Å²) in [5.41, 5.74) is -0.510. The molecular formula is C11H5ClF5NOS. The number of aromatic nitrogens is 1. The normalized spacial score (nSPS) is 13.6. The number of aliphatic hydroxyl groups is 1. The summed E-state index contributed by atoms with van der Waals surface area (Å²) in [6.07, 6.45) is -5.65. The van der Waals surface area contributed by atoms with Gasteiger partial charge in [0.15, 0.2) is 5.01 Å². The molecule has 2 rings (SSSR count). The molecule has 1 unspecified atom stereocenters. The maximum atomic E-state index is 13.6. The third-order valence-electron chi connectivity index (χ3n) is 2.37. The third kappa shape index (κ3) is 2.92. The number of thiazole rings is 1. The first-order valence-electron chi connectivity index (χ1n) is 5.05. The van der Waals surface area contributed by atoms with Gasteiger partial charge in [-0.05, 0) is 12.1 Å². The van der Waals surface area contributed by atoms with E-state index in [1.165, 1.54) is 0 Å². The van der Waals surface area contributed by atoms with Crippen molar-refractivity contribution in [3.63, 3.8) is 0 Å². The summed E-state index contributed by atoms with van der Waals surface area (Å²) in [4.78, 5) is 2.84. The van der Waals surface area contributed by atoms with Crippen molar-refractivity contribution in [3.8, 4) is 0 Å². The molecule has 0 amide bonds. The second-order valence-corrected chi connectivity index (χ2v) is 5.23. The minimum Gasteiger partial charge on any atom is -0.383 e. The lowest BCUT2D eigenvalue weighted by Gasteiger charge is -2.10. The number of rotatable bonds is 2. The summed E-state index contributed by atoms with van der Waals surface area (Å²) in [6, 6.07) is 1.27. The standard InChI is InChI=1S/C11H5ClF5NOS/c12-5-2-6(13)4(1-7(5)14)9(19)8-3-18-10(20-8)11(15,16)17/h1-3,9,19H. The monoisotopic (exact) mass is 329 g/mol. The molecule has 1 atom stereocenters. The lowest BCUT2D eigenvalue weighted by Crippen LogP contribution is -2.03. The van der Waals surface area contributed by atoms with Gasteiger partial charge in [-0.3, -0.25) is 0 Å². The molecule has 0 fully saturated rings. The van der Waals surface area contributed by atoms with E-state index in [9.17, 15) is 27.1 Å². The highest BCUT2D eigenvalue weighted by atomic mass is 35.5. The van der Waals surface area contributed by atoms with Crippen LogP contribution in [-0.4, -0.2) is 10.1 Å². The fourth-order valence-electron chi connectivity index (χ4n) is 1.44. The summed E-state index contributed by atoms with van der Waals surface area (Å²) < 4.78 is 63.9. The molecule has 20 heavy (non-hydrogen) atoms. The topological polar surface area (TPSA) is 33.1 Å². The van der Waals surface area contributed by atoms with Gasteiger partial charge in [-0.1, -0.05) is 11.6 Å². The van der Waals surface area contributed by atoms with Gasteiger partial charge < -0.3 is 5.11 Å². The second-order valence-electron chi connectivity index (χ2n) is 3.76. The van der Waals surface area contributed by atoms with Crippen molar-refractivity contribution in [1.29, 1.82) is 0 Å². The van der Waals surface area contributed by atoms with Gasteiger partial charge in [0, 0.05) is 11.8 Å². The van der Waals surface area contributed by atoms with E-state index in [4.69, 9.17) is 11.6 Å². The molecule has 2 aromatic rings. The molecular weight excluding hydrogens is 325 g/mol. The molecule has 1 heterocycles. The second kappa shape index (κ2) is 5.27. The molecule has 1 aromatic heterocycles. The lowest BCUT2D eigenvalue weighted by molar-refractivity contribution is -0.137. The number of aliphatic hydroxyl groups excluding tert-OH is 1. The Bertz CT molecular complexity index is 642. The predicted molar refractivity (Wildman–Crippen MR) is 62.5 cm³/mol. The van der Waals surface area contributed by atoms with E-state index in [-0.39, 0.29) is 16.2 Å². The van der Waals surface area contributed by atoms with Crippen molar-refractivity contribution >= 4 is 22.9 Å². The molecule has 1 N–H and O–H groups in total. The number of hydrogen-bond donors (Lipinski definition) is 1. The van der Waals surface area contributed by atoms with Crippen LogP contribution >= 0.6 is 22.9 Å². The Kier molecular flexibility index (Phi) is 3.99. The Hall–Kier alpha value is -1.25. The van der Waals surface area contributed by atoms with Crippen LogP contribution in [0.1, 0.15) is 21.6 Å². The number of nitrogens with zero attached hydrogens (tertiary/aromatic N) is 1. The van der Waals surface area contributed by atoms with Gasteiger partial charge in [0.1, 0.15) is 17.7 Å². The van der Waals surface area contributed by atoms with Gasteiger partial charge in [-0.15, -0.1) is 11.3 Å². The number of hydrogen-bond acceptors (Lipinski definition) is 3. The van der Waals surface area contributed by atoms with Gasteiger partial charge in [0.2, 0.25) is 0 Å². The van der Waals surface area contributed by atoms with E-state index in [0.717, 1.165) is 6.20 Å². The van der Waals surface area contributed by atoms with Crippen molar-refractivity contribution in [2.24, 2.45) is 0 Å². The van der Waals surface area contributed by atoms with Crippen LogP contribution in [0.5, 0.6) is 0 Å². The highest BCUT2D eigenvalue weighted by Gasteiger charge is 2.35. The Morgan fingerprint density at radius 3 is 2.40 bits per heavy atom. The zero-order valence-electron chi connectivity index (χ0n) is 9.38. The molecule has 1 aromatic carbocycles. The molecule has 108 valence electrons. The molecule has 0 aliphatic carbocycles. The average molecular weight is 330 g/mol. The first-order valence-corrected chi connectivity index (χ1v) is 6.25. The van der Waals surface area contributed by atoms with Crippen LogP contribution in [0.3, 0.4) is 0 Å². The summed E-state index contributed by atoms with van der Waals surface area (Å²) in [5.74, 6) is -2.01. The van der Waals surface area contributed by atoms with E-state index in [2.05, 4.69) is 4.98 Å². The molecule has 0 radical (unpaired) electrons. The van der Waals surface area contributed by atoms with Crippen LogP contribution in [0.15, 0.2) is 18.3 Å². The average Bonchev–Trinajstić information content (AvgIpc) is 2.82. The summed E-state index contributed by atoms with van der Waals surface area (Å²) in [7, 11) is 0. The molecule has 0 aliphatic rings. The van der Waals surface area contributed by atoms with E-state index in [0.29, 0.717) is 12.1 Å². The molecule has 0 bridgehead atoms. The largest absolute Gasteiger partial charge is 0.443 e. The van der Waals surface area contributed by atoms with E-state index >= 15 is 0 Å². The van der Waals surface area contributed by atoms with Crippen molar-refractivity contribution in [2.75, 3.05) is 0 Å². The lowest BCUT2D eigenvalue weighted by atomic mass is 10.1. The van der Waals surface area contributed by atoms with E-state index < -0.39 is 39.5 Å². The fraction of sp³-hybridized carbons (Fsp3) is 0.182. The zero-order chi connectivity index (χ0) is 15.1.